The van der Waals surface area contributed by atoms with Crippen LogP contribution in [0.4, 0.5) is 0 Å². The van der Waals surface area contributed by atoms with Gasteiger partial charge in [-0.1, -0.05) is 0 Å². The molecule has 0 radical (unpaired) electrons. The summed E-state index contributed by atoms with van der Waals surface area (Å²) in [7, 11) is -6.31. The van der Waals surface area contributed by atoms with Crippen LogP contribution in [0.25, 0.3) is 0 Å². The fraction of sp³-hybridized carbons (Fsp3) is 0.714. The van der Waals surface area contributed by atoms with Gasteiger partial charge in [0.25, 0.3) is 0 Å². The number of aryl methyl sites for hydroxylation is 1. The zero-order valence-electron chi connectivity index (χ0n) is 13.1. The second-order valence-electron chi connectivity index (χ2n) is 6.35. The van der Waals surface area contributed by atoms with Crippen LogP contribution < -0.4 is 4.72 Å². The first-order valence-corrected chi connectivity index (χ1v) is 11.9. The molecule has 2 aliphatic rings. The monoisotopic (exact) mass is 378 g/mol. The quantitative estimate of drug-likeness (QED) is 0.845. The second kappa shape index (κ2) is 6.44. The number of rotatable bonds is 4. The lowest BCUT2D eigenvalue weighted by Gasteiger charge is -2.35. The SMILES string of the molecule is Cc1ccc(S(=O)(=O)NC2CCN(C3CCS(=O)(=O)C3)CC2)s1. The normalized spacial score (nSPS) is 26.6. The van der Waals surface area contributed by atoms with E-state index < -0.39 is 19.9 Å². The maximum absolute atomic E-state index is 12.3. The summed E-state index contributed by atoms with van der Waals surface area (Å²) in [5.74, 6) is 0.528. The molecule has 3 heterocycles. The number of thiophene rings is 1. The van der Waals surface area contributed by atoms with Crippen molar-refractivity contribution in [3.05, 3.63) is 17.0 Å². The van der Waals surface area contributed by atoms with E-state index in [0.29, 0.717) is 10.6 Å². The van der Waals surface area contributed by atoms with Gasteiger partial charge in [0.15, 0.2) is 9.84 Å². The average molecular weight is 379 g/mol. The first-order chi connectivity index (χ1) is 10.8. The molecular weight excluding hydrogens is 356 g/mol. The molecule has 6 nitrogen and oxygen atoms in total. The first-order valence-electron chi connectivity index (χ1n) is 7.78. The fourth-order valence-corrected chi connectivity index (χ4v) is 7.65. The van der Waals surface area contributed by atoms with E-state index in [4.69, 9.17) is 0 Å². The fourth-order valence-electron chi connectivity index (χ4n) is 3.28. The minimum Gasteiger partial charge on any atom is -0.299 e. The van der Waals surface area contributed by atoms with Gasteiger partial charge in [0.1, 0.15) is 4.21 Å². The van der Waals surface area contributed by atoms with Gasteiger partial charge in [0.2, 0.25) is 10.0 Å². The van der Waals surface area contributed by atoms with Crippen molar-refractivity contribution in [3.8, 4) is 0 Å². The molecule has 2 fully saturated rings. The van der Waals surface area contributed by atoms with Crippen molar-refractivity contribution in [3.63, 3.8) is 0 Å². The molecule has 1 aromatic rings. The molecule has 0 aromatic carbocycles. The number of likely N-dealkylation sites (tertiary alicyclic amines) is 1. The zero-order chi connectivity index (χ0) is 16.7. The van der Waals surface area contributed by atoms with Crippen molar-refractivity contribution >= 4 is 31.2 Å². The predicted octanol–water partition coefficient (Wildman–Crippen LogP) is 0.986. The second-order valence-corrected chi connectivity index (χ2v) is 11.8. The van der Waals surface area contributed by atoms with Gasteiger partial charge in [-0.05, 0) is 51.4 Å². The van der Waals surface area contributed by atoms with Crippen LogP contribution >= 0.6 is 11.3 Å². The number of nitrogens with zero attached hydrogens (tertiary/aromatic N) is 1. The largest absolute Gasteiger partial charge is 0.299 e. The molecule has 3 rings (SSSR count). The molecule has 0 amide bonds. The molecule has 0 saturated carbocycles. The Bertz CT molecular complexity index is 762. The van der Waals surface area contributed by atoms with E-state index in [1.807, 2.05) is 13.0 Å². The molecule has 1 unspecified atom stereocenters. The van der Waals surface area contributed by atoms with E-state index >= 15 is 0 Å². The highest BCUT2D eigenvalue weighted by Crippen LogP contribution is 2.24. The van der Waals surface area contributed by atoms with Crippen LogP contribution in [0.1, 0.15) is 24.1 Å². The Morgan fingerprint density at radius 3 is 2.43 bits per heavy atom. The molecule has 130 valence electrons. The Balaban J connectivity index is 1.55. The highest BCUT2D eigenvalue weighted by atomic mass is 32.2. The Hall–Kier alpha value is -0.480. The molecule has 1 N–H and O–H groups in total. The smallest absolute Gasteiger partial charge is 0.250 e. The first kappa shape index (κ1) is 17.3. The standard InChI is InChI=1S/C14H22N2O4S3/c1-11-2-3-14(21-11)23(19,20)15-12-4-7-16(8-5-12)13-6-9-22(17,18)10-13/h2-3,12-13,15H,4-10H2,1H3. The summed E-state index contributed by atoms with van der Waals surface area (Å²) >= 11 is 1.28. The van der Waals surface area contributed by atoms with Gasteiger partial charge in [-0.2, -0.15) is 0 Å². The Labute approximate surface area is 141 Å². The van der Waals surface area contributed by atoms with E-state index in [1.54, 1.807) is 6.07 Å². The molecule has 1 aromatic heterocycles. The van der Waals surface area contributed by atoms with Crippen molar-refractivity contribution < 1.29 is 16.8 Å². The van der Waals surface area contributed by atoms with Crippen LogP contribution in [0.15, 0.2) is 16.3 Å². The highest BCUT2D eigenvalue weighted by Gasteiger charge is 2.34. The van der Waals surface area contributed by atoms with Crippen molar-refractivity contribution in [1.29, 1.82) is 0 Å². The van der Waals surface area contributed by atoms with Gasteiger partial charge in [-0.25, -0.2) is 21.6 Å². The molecule has 0 aliphatic carbocycles. The third-order valence-corrected chi connectivity index (χ3v) is 9.32. The van der Waals surface area contributed by atoms with Crippen LogP contribution in [0.5, 0.6) is 0 Å². The molecular formula is C14H22N2O4S3. The number of piperidine rings is 1. The summed E-state index contributed by atoms with van der Waals surface area (Å²) in [6.07, 6.45) is 2.15. The third kappa shape index (κ3) is 4.14. The minimum atomic E-state index is -3.44. The van der Waals surface area contributed by atoms with Crippen LogP contribution in [0.2, 0.25) is 0 Å². The summed E-state index contributed by atoms with van der Waals surface area (Å²) < 4.78 is 51.0. The topological polar surface area (TPSA) is 83.6 Å². The van der Waals surface area contributed by atoms with Crippen molar-refractivity contribution in [1.82, 2.24) is 9.62 Å². The van der Waals surface area contributed by atoms with Crippen LogP contribution in [0, 0.1) is 6.92 Å². The van der Waals surface area contributed by atoms with Gasteiger partial charge >= 0.3 is 0 Å². The van der Waals surface area contributed by atoms with Crippen LogP contribution in [0.3, 0.4) is 0 Å². The van der Waals surface area contributed by atoms with E-state index in [1.165, 1.54) is 11.3 Å². The van der Waals surface area contributed by atoms with Crippen molar-refractivity contribution in [2.45, 2.75) is 42.5 Å². The lowest BCUT2D eigenvalue weighted by atomic mass is 10.0. The van der Waals surface area contributed by atoms with Gasteiger partial charge in [0.05, 0.1) is 11.5 Å². The van der Waals surface area contributed by atoms with Crippen LogP contribution in [-0.4, -0.2) is 58.4 Å². The minimum absolute atomic E-state index is 0.0725. The van der Waals surface area contributed by atoms with E-state index in [9.17, 15) is 16.8 Å². The lowest BCUT2D eigenvalue weighted by molar-refractivity contribution is 0.161. The summed E-state index contributed by atoms with van der Waals surface area (Å²) in [5, 5.41) is 0. The number of hydrogen-bond acceptors (Lipinski definition) is 6. The van der Waals surface area contributed by atoms with E-state index in [2.05, 4.69) is 9.62 Å². The van der Waals surface area contributed by atoms with Crippen molar-refractivity contribution in [2.24, 2.45) is 0 Å². The van der Waals surface area contributed by atoms with Gasteiger partial charge < -0.3 is 0 Å². The summed E-state index contributed by atoms with van der Waals surface area (Å²) in [6.45, 7) is 3.38. The molecule has 9 heteroatoms. The van der Waals surface area contributed by atoms with Crippen LogP contribution in [-0.2, 0) is 19.9 Å². The molecule has 0 bridgehead atoms. The Kier molecular flexibility index (Phi) is 4.85. The molecule has 2 aliphatic heterocycles. The predicted molar refractivity (Wildman–Crippen MR) is 91.0 cm³/mol. The zero-order valence-corrected chi connectivity index (χ0v) is 15.5. The Morgan fingerprint density at radius 1 is 1.22 bits per heavy atom. The van der Waals surface area contributed by atoms with Gasteiger partial charge in [0, 0.05) is 17.0 Å². The van der Waals surface area contributed by atoms with Gasteiger partial charge in [-0.3, -0.25) is 4.90 Å². The number of sulfone groups is 1. The molecule has 1 atom stereocenters. The van der Waals surface area contributed by atoms with Crippen molar-refractivity contribution in [2.75, 3.05) is 24.6 Å². The average Bonchev–Trinajstić information content (AvgIpc) is 3.05. The third-order valence-electron chi connectivity index (χ3n) is 4.56. The summed E-state index contributed by atoms with van der Waals surface area (Å²) in [4.78, 5) is 3.17. The van der Waals surface area contributed by atoms with Gasteiger partial charge in [-0.15, -0.1) is 11.3 Å². The summed E-state index contributed by atoms with van der Waals surface area (Å²) in [5.41, 5.74) is 0. The number of nitrogens with one attached hydrogen (secondary N) is 1. The van der Waals surface area contributed by atoms with E-state index in [-0.39, 0.29) is 23.6 Å². The Morgan fingerprint density at radius 2 is 1.91 bits per heavy atom. The maximum atomic E-state index is 12.3. The summed E-state index contributed by atoms with van der Waals surface area (Å²) in [6, 6.07) is 3.48. The highest BCUT2D eigenvalue weighted by molar-refractivity contribution is 7.92. The van der Waals surface area contributed by atoms with E-state index in [0.717, 1.165) is 30.8 Å². The number of hydrogen-bond donors (Lipinski definition) is 1. The molecule has 0 spiro atoms. The molecule has 23 heavy (non-hydrogen) atoms. The number of sulfonamides is 1. The molecule has 2 saturated heterocycles. The lowest BCUT2D eigenvalue weighted by Crippen LogP contribution is -2.48. The maximum Gasteiger partial charge on any atom is 0.250 e.